The second kappa shape index (κ2) is 13.2. The molecule has 14 heteroatoms. The number of aryl methyl sites for hydroxylation is 1. The molecule has 4 amide bonds. The highest BCUT2D eigenvalue weighted by molar-refractivity contribution is 6.09. The second-order valence-corrected chi connectivity index (χ2v) is 10.3. The first-order chi connectivity index (χ1) is 20.2. The number of carboxylic acid groups (broad SMARTS) is 1. The molecule has 0 radical (unpaired) electrons. The molecule has 2 heterocycles. The molecule has 4 atom stereocenters. The van der Waals surface area contributed by atoms with Crippen molar-refractivity contribution in [2.45, 2.75) is 44.6 Å². The fourth-order valence-electron chi connectivity index (χ4n) is 5.33. The first-order valence-electron chi connectivity index (χ1n) is 13.3. The molecule has 3 N–H and O–H groups in total. The quantitative estimate of drug-likeness (QED) is 0.322. The topological polar surface area (TPSA) is 145 Å². The van der Waals surface area contributed by atoms with E-state index < -0.39 is 47.4 Å². The minimum absolute atomic E-state index is 0.121. The van der Waals surface area contributed by atoms with E-state index in [1.807, 2.05) is 61.5 Å². The van der Waals surface area contributed by atoms with E-state index in [4.69, 9.17) is 14.6 Å². The number of hydrogen-bond acceptors (Lipinski definition) is 7. The van der Waals surface area contributed by atoms with E-state index in [2.05, 4.69) is 10.6 Å². The molecule has 2 saturated heterocycles. The highest BCUT2D eigenvalue weighted by atomic mass is 19.4. The number of likely N-dealkylation sites (tertiary alicyclic amines) is 1. The van der Waals surface area contributed by atoms with Crippen LogP contribution in [0.2, 0.25) is 0 Å². The van der Waals surface area contributed by atoms with E-state index in [1.54, 1.807) is 14.0 Å². The average Bonchev–Trinajstić information content (AvgIpc) is 3.43. The zero-order valence-electron chi connectivity index (χ0n) is 24.0. The Morgan fingerprint density at radius 1 is 1.07 bits per heavy atom. The minimum Gasteiger partial charge on any atom is -0.475 e. The normalized spacial score (nSPS) is 22.8. The number of carbonyl (C=O) groups is 5. The molecule has 0 bridgehead atoms. The van der Waals surface area contributed by atoms with Crippen LogP contribution >= 0.6 is 0 Å². The molecule has 2 fully saturated rings. The molecule has 232 valence electrons. The van der Waals surface area contributed by atoms with Gasteiger partial charge in [-0.3, -0.25) is 24.6 Å². The summed E-state index contributed by atoms with van der Waals surface area (Å²) < 4.78 is 36.8. The summed E-state index contributed by atoms with van der Waals surface area (Å²) >= 11 is 0. The highest BCUT2D eigenvalue weighted by Gasteiger charge is 2.67. The first-order valence-corrected chi connectivity index (χ1v) is 13.3. The molecule has 0 aliphatic carbocycles. The highest BCUT2D eigenvalue weighted by Crippen LogP contribution is 2.45. The van der Waals surface area contributed by atoms with Gasteiger partial charge in [0.1, 0.15) is 5.54 Å². The van der Waals surface area contributed by atoms with Crippen molar-refractivity contribution in [1.29, 1.82) is 0 Å². The number of carbonyl (C=O) groups excluding carboxylic acids is 4. The van der Waals surface area contributed by atoms with E-state index in [0.29, 0.717) is 5.69 Å². The predicted octanol–water partition coefficient (Wildman–Crippen LogP) is 3.19. The van der Waals surface area contributed by atoms with Gasteiger partial charge in [0.25, 0.3) is 0 Å². The molecule has 4 rings (SSSR count). The number of hydrogen-bond donors (Lipinski definition) is 3. The van der Waals surface area contributed by atoms with Gasteiger partial charge in [0.2, 0.25) is 11.8 Å². The fourth-order valence-corrected chi connectivity index (χ4v) is 5.33. The van der Waals surface area contributed by atoms with Crippen molar-refractivity contribution >= 4 is 35.5 Å². The molecule has 2 aromatic carbocycles. The lowest BCUT2D eigenvalue weighted by Gasteiger charge is -2.32. The first kappa shape index (κ1) is 33.0. The molecule has 0 spiro atoms. The molecular weight excluding hydrogens is 573 g/mol. The Hall–Kier alpha value is -4.46. The molecule has 0 saturated carbocycles. The van der Waals surface area contributed by atoms with Gasteiger partial charge in [0, 0.05) is 25.3 Å². The van der Waals surface area contributed by atoms with Gasteiger partial charge >= 0.3 is 24.1 Å². The number of nitrogens with zero attached hydrogens (tertiary/aromatic N) is 2. The summed E-state index contributed by atoms with van der Waals surface area (Å²) in [5, 5.41) is 13.2. The molecule has 43 heavy (non-hydrogen) atoms. The Labute approximate surface area is 246 Å². The number of fused-ring (bicyclic) bond motifs is 1. The van der Waals surface area contributed by atoms with Crippen molar-refractivity contribution in [2.75, 3.05) is 26.0 Å². The SMILES string of the molecule is CC[C@@]1(C(=O)OC)N[C@H](CN(C)C(=O)Nc2ccc(C)cc2)[C@@H]2C(=O)N(Cc3ccccc3)C(=O)[C@@H]21.O=C(O)C(F)(F)F. The smallest absolute Gasteiger partial charge is 0.475 e. The van der Waals surface area contributed by atoms with E-state index in [-0.39, 0.29) is 31.4 Å². The lowest BCUT2D eigenvalue weighted by atomic mass is 9.78. The largest absolute Gasteiger partial charge is 0.490 e. The Kier molecular flexibility index (Phi) is 10.2. The number of methoxy groups -OCH3 is 1. The molecule has 2 aliphatic heterocycles. The monoisotopic (exact) mass is 606 g/mol. The van der Waals surface area contributed by atoms with Gasteiger partial charge in [0.15, 0.2) is 0 Å². The van der Waals surface area contributed by atoms with Gasteiger partial charge in [-0.1, -0.05) is 55.0 Å². The van der Waals surface area contributed by atoms with Crippen LogP contribution in [0.15, 0.2) is 54.6 Å². The third-order valence-corrected chi connectivity index (χ3v) is 7.50. The van der Waals surface area contributed by atoms with Crippen LogP contribution < -0.4 is 10.6 Å². The number of esters is 1. The van der Waals surface area contributed by atoms with Crippen LogP contribution in [0.5, 0.6) is 0 Å². The molecule has 11 nitrogen and oxygen atoms in total. The lowest BCUT2D eigenvalue weighted by molar-refractivity contribution is -0.192. The standard InChI is InChI=1S/C27H32N4O5.C2HF3O2/c1-5-27(25(34)36-4)22-21(23(32)31(24(22)33)15-18-9-7-6-8-10-18)20(29-27)16-30(3)26(35)28-19-13-11-17(2)12-14-19;3-2(4,5)1(6)7/h6-14,20-22,29H,5,15-16H2,1-4H3,(H,28,35);(H,6,7)/t20-,21+,22-,27-;/m1./s1. The summed E-state index contributed by atoms with van der Waals surface area (Å²) in [7, 11) is 2.89. The third-order valence-electron chi connectivity index (χ3n) is 7.50. The number of halogens is 3. The number of ether oxygens (including phenoxy) is 1. The van der Waals surface area contributed by atoms with Crippen LogP contribution in [-0.2, 0) is 30.5 Å². The van der Waals surface area contributed by atoms with Crippen molar-refractivity contribution in [3.8, 4) is 0 Å². The van der Waals surface area contributed by atoms with Crippen LogP contribution in [0.1, 0.15) is 24.5 Å². The van der Waals surface area contributed by atoms with Gasteiger partial charge in [0.05, 0.1) is 25.5 Å². The van der Waals surface area contributed by atoms with Gasteiger partial charge < -0.3 is 20.1 Å². The lowest BCUT2D eigenvalue weighted by Crippen LogP contribution is -2.58. The van der Waals surface area contributed by atoms with Crippen LogP contribution in [-0.4, -0.2) is 83.1 Å². The van der Waals surface area contributed by atoms with Crippen LogP contribution in [0.3, 0.4) is 0 Å². The zero-order chi connectivity index (χ0) is 32.1. The fraction of sp³-hybridized carbons (Fsp3) is 0.414. The number of carboxylic acids is 1. The number of amides is 4. The average molecular weight is 607 g/mol. The van der Waals surface area contributed by atoms with Crippen molar-refractivity contribution in [2.24, 2.45) is 11.8 Å². The number of nitrogens with one attached hydrogen (secondary N) is 2. The van der Waals surface area contributed by atoms with Gasteiger partial charge in [-0.2, -0.15) is 13.2 Å². The van der Waals surface area contributed by atoms with E-state index in [1.165, 1.54) is 16.9 Å². The summed E-state index contributed by atoms with van der Waals surface area (Å²) in [6, 6.07) is 15.7. The summed E-state index contributed by atoms with van der Waals surface area (Å²) in [5.41, 5.74) is 1.19. The van der Waals surface area contributed by atoms with Crippen LogP contribution in [0, 0.1) is 18.8 Å². The number of likely N-dealkylation sites (N-methyl/N-ethyl adjacent to an activating group) is 1. The Morgan fingerprint density at radius 2 is 1.65 bits per heavy atom. The predicted molar refractivity (Wildman–Crippen MR) is 147 cm³/mol. The molecule has 0 aromatic heterocycles. The number of aliphatic carboxylic acids is 1. The van der Waals surface area contributed by atoms with Crippen LogP contribution in [0.4, 0.5) is 23.7 Å². The van der Waals surface area contributed by atoms with E-state index in [0.717, 1.165) is 11.1 Å². The number of benzene rings is 2. The van der Waals surface area contributed by atoms with Gasteiger partial charge in [-0.15, -0.1) is 0 Å². The summed E-state index contributed by atoms with van der Waals surface area (Å²) in [6.45, 7) is 4.00. The summed E-state index contributed by atoms with van der Waals surface area (Å²) in [5.74, 6) is -5.80. The minimum atomic E-state index is -5.08. The molecular formula is C29H33F3N4O7. The molecule has 0 unspecified atom stereocenters. The maximum atomic E-state index is 13.6. The number of rotatable bonds is 7. The summed E-state index contributed by atoms with van der Waals surface area (Å²) in [6.07, 6.45) is -4.82. The maximum absolute atomic E-state index is 13.6. The van der Waals surface area contributed by atoms with Crippen molar-refractivity contribution in [1.82, 2.24) is 15.1 Å². The Bertz CT molecular complexity index is 1350. The zero-order valence-corrected chi connectivity index (χ0v) is 24.0. The van der Waals surface area contributed by atoms with E-state index >= 15 is 0 Å². The molecule has 2 aromatic rings. The van der Waals surface area contributed by atoms with E-state index in [9.17, 15) is 32.3 Å². The number of imide groups is 1. The Balaban J connectivity index is 0.000000646. The second-order valence-electron chi connectivity index (χ2n) is 10.3. The maximum Gasteiger partial charge on any atom is 0.490 e. The number of urea groups is 1. The van der Waals surface area contributed by atoms with Crippen LogP contribution in [0.25, 0.3) is 0 Å². The summed E-state index contributed by atoms with van der Waals surface area (Å²) in [4.78, 5) is 64.7. The van der Waals surface area contributed by atoms with Crippen molar-refractivity contribution < 1.29 is 47.0 Å². The number of anilines is 1. The molecule has 2 aliphatic rings. The van der Waals surface area contributed by atoms with Gasteiger partial charge in [-0.25, -0.2) is 9.59 Å². The van der Waals surface area contributed by atoms with Crippen molar-refractivity contribution in [3.63, 3.8) is 0 Å². The third kappa shape index (κ3) is 7.13. The Morgan fingerprint density at radius 3 is 2.16 bits per heavy atom. The van der Waals surface area contributed by atoms with Crippen molar-refractivity contribution in [3.05, 3.63) is 65.7 Å². The number of alkyl halides is 3. The van der Waals surface area contributed by atoms with Gasteiger partial charge in [-0.05, 0) is 31.0 Å².